The maximum Gasteiger partial charge on any atom is 0.411 e. The Labute approximate surface area is 148 Å². The number of anilines is 1. The van der Waals surface area contributed by atoms with Crippen LogP contribution in [0, 0.1) is 0 Å². The van der Waals surface area contributed by atoms with Gasteiger partial charge >= 0.3 is 6.09 Å². The van der Waals surface area contributed by atoms with Gasteiger partial charge in [-0.25, -0.2) is 4.79 Å². The second-order valence-electron chi connectivity index (χ2n) is 5.66. The first-order valence-electron chi connectivity index (χ1n) is 8.05. The molecule has 2 rings (SSSR count). The van der Waals surface area contributed by atoms with Crippen molar-refractivity contribution >= 4 is 23.4 Å². The van der Waals surface area contributed by atoms with Gasteiger partial charge < -0.3 is 9.64 Å². The van der Waals surface area contributed by atoms with Gasteiger partial charge in [0.2, 0.25) is 0 Å². The van der Waals surface area contributed by atoms with Crippen molar-refractivity contribution in [2.24, 2.45) is 0 Å². The van der Waals surface area contributed by atoms with Crippen LogP contribution >= 0.6 is 11.6 Å². The van der Waals surface area contributed by atoms with Gasteiger partial charge in [0.1, 0.15) is 6.61 Å². The summed E-state index contributed by atoms with van der Waals surface area (Å²) < 4.78 is 5.19. The molecule has 1 amide bonds. The second kappa shape index (κ2) is 9.96. The highest BCUT2D eigenvalue weighted by atomic mass is 35.5. The van der Waals surface area contributed by atoms with Crippen LogP contribution in [-0.4, -0.2) is 37.7 Å². The summed E-state index contributed by atoms with van der Waals surface area (Å²) in [6.45, 7) is 2.04. The zero-order chi connectivity index (χ0) is 17.2. The van der Waals surface area contributed by atoms with Gasteiger partial charge in [-0.2, -0.15) is 0 Å². The molecule has 0 bridgehead atoms. The van der Waals surface area contributed by atoms with Crippen molar-refractivity contribution in [2.45, 2.75) is 12.8 Å². The molecule has 5 heteroatoms. The van der Waals surface area contributed by atoms with Gasteiger partial charge in [-0.1, -0.05) is 41.9 Å². The van der Waals surface area contributed by atoms with Crippen LogP contribution in [0.2, 0.25) is 5.02 Å². The fourth-order valence-corrected chi connectivity index (χ4v) is 2.42. The predicted molar refractivity (Wildman–Crippen MR) is 98.7 cm³/mol. The number of halogens is 1. The summed E-state index contributed by atoms with van der Waals surface area (Å²) in [5.41, 5.74) is 2.02. The second-order valence-corrected chi connectivity index (χ2v) is 6.10. The summed E-state index contributed by atoms with van der Waals surface area (Å²) in [6.07, 6.45) is 1.69. The molecule has 2 aromatic carbocycles. The van der Waals surface area contributed by atoms with Crippen LogP contribution in [-0.2, 0) is 11.2 Å². The van der Waals surface area contributed by atoms with Crippen molar-refractivity contribution in [3.05, 3.63) is 65.2 Å². The number of benzene rings is 2. The number of aryl methyl sites for hydroxylation is 1. The fourth-order valence-electron chi connectivity index (χ4n) is 2.29. The highest BCUT2D eigenvalue weighted by Crippen LogP contribution is 2.13. The molecule has 2 aromatic rings. The van der Waals surface area contributed by atoms with Gasteiger partial charge in [0.15, 0.2) is 0 Å². The van der Waals surface area contributed by atoms with E-state index in [1.54, 1.807) is 24.3 Å². The topological polar surface area (TPSA) is 41.6 Å². The standard InChI is InChI=1S/C19H23ClN2O2/c1-22(13-5-8-16-6-3-2-4-7-16)14-15-24-19(23)21-18-11-9-17(20)10-12-18/h2-4,6-7,9-12H,5,8,13-15H2,1H3,(H,21,23). The smallest absolute Gasteiger partial charge is 0.411 e. The Morgan fingerprint density at radius 2 is 1.79 bits per heavy atom. The van der Waals surface area contributed by atoms with Gasteiger partial charge in [-0.3, -0.25) is 5.32 Å². The molecule has 0 heterocycles. The van der Waals surface area contributed by atoms with Crippen LogP contribution in [0.4, 0.5) is 10.5 Å². The van der Waals surface area contributed by atoms with E-state index in [-0.39, 0.29) is 0 Å². The molecular formula is C19H23ClN2O2. The lowest BCUT2D eigenvalue weighted by atomic mass is 10.1. The van der Waals surface area contributed by atoms with E-state index in [2.05, 4.69) is 34.5 Å². The van der Waals surface area contributed by atoms with E-state index in [1.807, 2.05) is 13.1 Å². The van der Waals surface area contributed by atoms with Crippen molar-refractivity contribution < 1.29 is 9.53 Å². The molecule has 4 nitrogen and oxygen atoms in total. The van der Waals surface area contributed by atoms with Crippen LogP contribution in [0.1, 0.15) is 12.0 Å². The number of nitrogens with one attached hydrogen (secondary N) is 1. The third-order valence-corrected chi connectivity index (χ3v) is 3.90. The first-order valence-corrected chi connectivity index (χ1v) is 8.43. The van der Waals surface area contributed by atoms with Gasteiger partial charge in [0, 0.05) is 17.3 Å². The molecule has 0 unspecified atom stereocenters. The summed E-state index contributed by atoms with van der Waals surface area (Å²) >= 11 is 5.80. The lowest BCUT2D eigenvalue weighted by molar-refractivity contribution is 0.146. The van der Waals surface area contributed by atoms with Crippen LogP contribution in [0.25, 0.3) is 0 Å². The van der Waals surface area contributed by atoms with Gasteiger partial charge in [0.25, 0.3) is 0 Å². The third-order valence-electron chi connectivity index (χ3n) is 3.64. The third kappa shape index (κ3) is 7.02. The first kappa shape index (κ1) is 18.3. The van der Waals surface area contributed by atoms with Crippen molar-refractivity contribution in [3.8, 4) is 0 Å². The summed E-state index contributed by atoms with van der Waals surface area (Å²) in [5, 5.41) is 3.30. The molecule has 0 radical (unpaired) electrons. The Hall–Kier alpha value is -2.04. The summed E-state index contributed by atoms with van der Waals surface area (Å²) in [4.78, 5) is 13.9. The SMILES string of the molecule is CN(CCCc1ccccc1)CCOC(=O)Nc1ccc(Cl)cc1. The number of rotatable bonds is 8. The molecule has 0 saturated heterocycles. The normalized spacial score (nSPS) is 10.6. The minimum absolute atomic E-state index is 0.362. The van der Waals surface area contributed by atoms with Crippen LogP contribution in [0.3, 0.4) is 0 Å². The summed E-state index contributed by atoms with van der Waals surface area (Å²) in [6, 6.07) is 17.4. The summed E-state index contributed by atoms with van der Waals surface area (Å²) in [5.74, 6) is 0. The number of hydrogen-bond donors (Lipinski definition) is 1. The molecule has 0 aliphatic heterocycles. The Bertz CT molecular complexity index is 617. The summed E-state index contributed by atoms with van der Waals surface area (Å²) in [7, 11) is 2.03. The molecule has 0 saturated carbocycles. The maximum absolute atomic E-state index is 11.7. The van der Waals surface area contributed by atoms with Crippen molar-refractivity contribution in [1.82, 2.24) is 4.90 Å². The molecule has 0 fully saturated rings. The molecule has 128 valence electrons. The molecule has 0 aliphatic carbocycles. The van der Waals surface area contributed by atoms with Crippen LogP contribution in [0.5, 0.6) is 0 Å². The highest BCUT2D eigenvalue weighted by Gasteiger charge is 2.05. The highest BCUT2D eigenvalue weighted by molar-refractivity contribution is 6.30. The zero-order valence-electron chi connectivity index (χ0n) is 13.9. The predicted octanol–water partition coefficient (Wildman–Crippen LogP) is 4.45. The quantitative estimate of drug-likeness (QED) is 0.767. The lowest BCUT2D eigenvalue weighted by Gasteiger charge is -2.16. The number of hydrogen-bond acceptors (Lipinski definition) is 3. The van der Waals surface area contributed by atoms with E-state index >= 15 is 0 Å². The van der Waals surface area contributed by atoms with Crippen molar-refractivity contribution in [2.75, 3.05) is 32.1 Å². The van der Waals surface area contributed by atoms with Gasteiger partial charge in [-0.05, 0) is 56.3 Å². The molecule has 24 heavy (non-hydrogen) atoms. The zero-order valence-corrected chi connectivity index (χ0v) is 14.6. The van der Waals surface area contributed by atoms with E-state index in [1.165, 1.54) is 5.56 Å². The molecule has 0 spiro atoms. The number of amides is 1. The minimum Gasteiger partial charge on any atom is -0.448 e. The van der Waals surface area contributed by atoms with E-state index in [0.717, 1.165) is 19.4 Å². The first-order chi connectivity index (χ1) is 11.6. The average molecular weight is 347 g/mol. The maximum atomic E-state index is 11.7. The lowest BCUT2D eigenvalue weighted by Crippen LogP contribution is -2.26. The molecule has 0 atom stereocenters. The Kier molecular flexibility index (Phi) is 7.59. The number of nitrogens with zero attached hydrogens (tertiary/aromatic N) is 1. The molecule has 0 aromatic heterocycles. The Morgan fingerprint density at radius 1 is 1.08 bits per heavy atom. The average Bonchev–Trinajstić information content (AvgIpc) is 2.58. The fraction of sp³-hybridized carbons (Fsp3) is 0.316. The van der Waals surface area contributed by atoms with Crippen molar-refractivity contribution in [3.63, 3.8) is 0 Å². The van der Waals surface area contributed by atoms with E-state index in [0.29, 0.717) is 23.9 Å². The van der Waals surface area contributed by atoms with E-state index in [9.17, 15) is 4.79 Å². The monoisotopic (exact) mass is 346 g/mol. The molecule has 0 aliphatic rings. The van der Waals surface area contributed by atoms with E-state index < -0.39 is 6.09 Å². The number of likely N-dealkylation sites (N-methyl/N-ethyl adjacent to an activating group) is 1. The van der Waals surface area contributed by atoms with Crippen LogP contribution < -0.4 is 5.32 Å². The van der Waals surface area contributed by atoms with E-state index in [4.69, 9.17) is 16.3 Å². The number of ether oxygens (including phenoxy) is 1. The van der Waals surface area contributed by atoms with Crippen LogP contribution in [0.15, 0.2) is 54.6 Å². The molecule has 1 N–H and O–H groups in total. The Morgan fingerprint density at radius 3 is 2.50 bits per heavy atom. The molecular weight excluding hydrogens is 324 g/mol. The number of carbonyl (C=O) groups is 1. The van der Waals surface area contributed by atoms with Gasteiger partial charge in [-0.15, -0.1) is 0 Å². The Balaban J connectivity index is 1.57. The van der Waals surface area contributed by atoms with Gasteiger partial charge in [0.05, 0.1) is 0 Å². The minimum atomic E-state index is -0.449. The van der Waals surface area contributed by atoms with Crippen molar-refractivity contribution in [1.29, 1.82) is 0 Å². The largest absolute Gasteiger partial charge is 0.448 e. The number of carbonyl (C=O) groups excluding carboxylic acids is 1.